The van der Waals surface area contributed by atoms with Crippen molar-refractivity contribution in [1.82, 2.24) is 0 Å². The van der Waals surface area contributed by atoms with Crippen LogP contribution in [-0.2, 0) is 0 Å². The topological polar surface area (TPSA) is 0 Å². The smallest absolute Gasteiger partial charge is 0.0435 e. The van der Waals surface area contributed by atoms with Crippen LogP contribution >= 0.6 is 35.8 Å². The second kappa shape index (κ2) is 2.74. The van der Waals surface area contributed by atoms with Crippen LogP contribution in [0.3, 0.4) is 0 Å². The van der Waals surface area contributed by atoms with Crippen LogP contribution in [0.2, 0.25) is 10.0 Å². The summed E-state index contributed by atoms with van der Waals surface area (Å²) in [6.07, 6.45) is 0. The Labute approximate surface area is 69.2 Å². The zero-order valence-corrected chi connectivity index (χ0v) is 6.72. The monoisotopic (exact) mass is 177 g/mol. The molecule has 0 amide bonds. The van der Waals surface area contributed by atoms with E-state index < -0.39 is 0 Å². The first-order valence-electron chi connectivity index (χ1n) is 2.31. The summed E-state index contributed by atoms with van der Waals surface area (Å²) >= 11 is 16.0. The van der Waals surface area contributed by atoms with Gasteiger partial charge in [-0.05, 0) is 18.2 Å². The molecule has 0 saturated heterocycles. The van der Waals surface area contributed by atoms with Gasteiger partial charge in [0.25, 0.3) is 0 Å². The molecule has 0 aromatic heterocycles. The van der Waals surface area contributed by atoms with Gasteiger partial charge in [-0.25, -0.2) is 0 Å². The first-order valence-corrected chi connectivity index (χ1v) is 3.48. The third-order valence-corrected chi connectivity index (χ3v) is 1.51. The van der Waals surface area contributed by atoms with Crippen molar-refractivity contribution >= 4 is 35.8 Å². The molecule has 0 heterocycles. The maximum Gasteiger partial charge on any atom is 0.0435 e. The van der Waals surface area contributed by atoms with E-state index in [4.69, 9.17) is 35.8 Å². The van der Waals surface area contributed by atoms with E-state index in [1.807, 2.05) is 0 Å². The molecule has 0 bridgehead atoms. The molecule has 3 heteroatoms. The quantitative estimate of drug-likeness (QED) is 0.569. The van der Waals surface area contributed by atoms with E-state index in [1.165, 1.54) is 0 Å². The van der Waals surface area contributed by atoms with Crippen LogP contribution in [0.5, 0.6) is 0 Å². The molecule has 1 aromatic rings. The lowest BCUT2D eigenvalue weighted by molar-refractivity contribution is 1.48. The maximum atomic E-state index is 5.60. The van der Waals surface area contributed by atoms with E-state index in [0.717, 1.165) is 0 Å². The van der Waals surface area contributed by atoms with Crippen molar-refractivity contribution in [3.63, 3.8) is 0 Å². The first-order chi connectivity index (χ1) is 4.18. The second-order valence-electron chi connectivity index (χ2n) is 1.61. The van der Waals surface area contributed by atoms with Crippen molar-refractivity contribution in [3.05, 3.63) is 28.2 Å². The van der Waals surface area contributed by atoms with E-state index in [2.05, 4.69) is 0 Å². The third kappa shape index (κ3) is 2.01. The summed E-state index contributed by atoms with van der Waals surface area (Å²) in [7, 11) is 0. The summed E-state index contributed by atoms with van der Waals surface area (Å²) in [6.45, 7) is 0. The average molecular weight is 178 g/mol. The van der Waals surface area contributed by atoms with E-state index >= 15 is 0 Å². The maximum absolute atomic E-state index is 5.60. The Bertz CT molecular complexity index is 172. The summed E-state index contributed by atoms with van der Waals surface area (Å²) < 4.78 is 0. The number of halogens is 2. The Hall–Kier alpha value is 0.0200. The second-order valence-corrected chi connectivity index (χ2v) is 2.95. The highest BCUT2D eigenvalue weighted by molar-refractivity contribution is 7.80. The molecule has 0 aliphatic rings. The molecule has 0 N–H and O–H groups in total. The van der Waals surface area contributed by atoms with Crippen molar-refractivity contribution < 1.29 is 0 Å². The first kappa shape index (κ1) is 7.13. The highest BCUT2D eigenvalue weighted by Crippen LogP contribution is 2.20. The molecule has 0 spiro atoms. The molecular formula is C6H3Cl2S. The van der Waals surface area contributed by atoms with Gasteiger partial charge in [0.05, 0.1) is 0 Å². The van der Waals surface area contributed by atoms with Gasteiger partial charge in [0, 0.05) is 14.9 Å². The largest absolute Gasteiger partial charge is 0.0842 e. The minimum absolute atomic E-state index is 0.590. The normalized spacial score (nSPS) is 9.56. The molecule has 1 radical (unpaired) electrons. The molecule has 0 atom stereocenters. The highest BCUT2D eigenvalue weighted by atomic mass is 35.5. The fraction of sp³-hybridized carbons (Fsp3) is 0. The van der Waals surface area contributed by atoms with E-state index in [0.29, 0.717) is 14.9 Å². The van der Waals surface area contributed by atoms with Crippen LogP contribution in [0.4, 0.5) is 0 Å². The lowest BCUT2D eigenvalue weighted by atomic mass is 10.4. The number of rotatable bonds is 0. The fourth-order valence-electron chi connectivity index (χ4n) is 0.529. The lowest BCUT2D eigenvalue weighted by Gasteiger charge is -1.91. The van der Waals surface area contributed by atoms with Crippen LogP contribution in [0.15, 0.2) is 23.1 Å². The van der Waals surface area contributed by atoms with Gasteiger partial charge in [-0.15, -0.1) is 0 Å². The molecule has 9 heavy (non-hydrogen) atoms. The van der Waals surface area contributed by atoms with Crippen LogP contribution in [0.25, 0.3) is 0 Å². The summed E-state index contributed by atoms with van der Waals surface area (Å²) in [4.78, 5) is 0.674. The Kier molecular flexibility index (Phi) is 2.17. The van der Waals surface area contributed by atoms with Crippen molar-refractivity contribution in [1.29, 1.82) is 0 Å². The van der Waals surface area contributed by atoms with Gasteiger partial charge < -0.3 is 0 Å². The summed E-state index contributed by atoms with van der Waals surface area (Å²) in [5.41, 5.74) is 0. The predicted octanol–water partition coefficient (Wildman–Crippen LogP) is 3.55. The standard InChI is InChI=1S/C6H3Cl2S/c7-4-1-5(8)3-6(9)2-4/h1-3H. The fourth-order valence-corrected chi connectivity index (χ4v) is 1.44. The molecular weight excluding hydrogens is 175 g/mol. The number of benzene rings is 1. The summed E-state index contributed by atoms with van der Waals surface area (Å²) in [5, 5.41) is 1.18. The minimum Gasteiger partial charge on any atom is -0.0842 e. The van der Waals surface area contributed by atoms with Crippen molar-refractivity contribution in [3.8, 4) is 0 Å². The molecule has 1 rings (SSSR count). The van der Waals surface area contributed by atoms with Crippen LogP contribution in [0.1, 0.15) is 0 Å². The minimum atomic E-state index is 0.590. The predicted molar refractivity (Wildman–Crippen MR) is 42.3 cm³/mol. The van der Waals surface area contributed by atoms with Crippen molar-refractivity contribution in [2.75, 3.05) is 0 Å². The zero-order valence-electron chi connectivity index (χ0n) is 4.40. The Morgan fingerprint density at radius 3 is 1.78 bits per heavy atom. The Balaban J connectivity index is 3.17. The van der Waals surface area contributed by atoms with Gasteiger partial charge >= 0.3 is 0 Å². The molecule has 47 valence electrons. The number of hydrogen-bond donors (Lipinski definition) is 0. The third-order valence-electron chi connectivity index (χ3n) is 0.836. The molecule has 1 aromatic carbocycles. The van der Waals surface area contributed by atoms with Crippen molar-refractivity contribution in [2.45, 2.75) is 4.90 Å². The molecule has 0 saturated carbocycles. The average Bonchev–Trinajstić information content (AvgIpc) is 1.59. The van der Waals surface area contributed by atoms with Gasteiger partial charge in [0.1, 0.15) is 0 Å². The van der Waals surface area contributed by atoms with Crippen molar-refractivity contribution in [2.24, 2.45) is 0 Å². The summed E-state index contributed by atoms with van der Waals surface area (Å²) in [6, 6.07) is 5.02. The van der Waals surface area contributed by atoms with E-state index in [9.17, 15) is 0 Å². The molecule has 0 aliphatic heterocycles. The van der Waals surface area contributed by atoms with Crippen LogP contribution in [-0.4, -0.2) is 0 Å². The van der Waals surface area contributed by atoms with Gasteiger partial charge in [0.15, 0.2) is 0 Å². The van der Waals surface area contributed by atoms with Gasteiger partial charge in [-0.3, -0.25) is 0 Å². The Morgan fingerprint density at radius 2 is 1.44 bits per heavy atom. The molecule has 0 aliphatic carbocycles. The molecule has 0 nitrogen and oxygen atoms in total. The summed E-state index contributed by atoms with van der Waals surface area (Å²) in [5.74, 6) is 0. The zero-order chi connectivity index (χ0) is 6.85. The molecule has 0 fully saturated rings. The molecule has 0 unspecified atom stereocenters. The van der Waals surface area contributed by atoms with Gasteiger partial charge in [-0.1, -0.05) is 35.8 Å². The van der Waals surface area contributed by atoms with E-state index in [1.54, 1.807) is 18.2 Å². The van der Waals surface area contributed by atoms with Crippen LogP contribution < -0.4 is 0 Å². The SMILES string of the molecule is [S]c1cc(Cl)cc(Cl)c1. The highest BCUT2D eigenvalue weighted by Gasteiger charge is 1.92. The van der Waals surface area contributed by atoms with Crippen LogP contribution in [0, 0.1) is 0 Å². The van der Waals surface area contributed by atoms with Gasteiger partial charge in [0.2, 0.25) is 0 Å². The Morgan fingerprint density at radius 1 is 1.00 bits per heavy atom. The van der Waals surface area contributed by atoms with E-state index in [-0.39, 0.29) is 0 Å². The van der Waals surface area contributed by atoms with Gasteiger partial charge in [-0.2, -0.15) is 0 Å². The lowest BCUT2D eigenvalue weighted by Crippen LogP contribution is -1.66. The number of hydrogen-bond acceptors (Lipinski definition) is 0.